The second-order valence-electron chi connectivity index (χ2n) is 10.2. The van der Waals surface area contributed by atoms with Crippen LogP contribution in [0, 0.1) is 25.7 Å². The van der Waals surface area contributed by atoms with Crippen LogP contribution in [0.3, 0.4) is 0 Å². The van der Waals surface area contributed by atoms with Crippen molar-refractivity contribution in [1.29, 1.82) is 0 Å². The monoisotopic (exact) mass is 588 g/mol. The van der Waals surface area contributed by atoms with E-state index in [2.05, 4.69) is 33.4 Å². The smallest absolute Gasteiger partial charge is 0.338 e. The van der Waals surface area contributed by atoms with E-state index in [9.17, 15) is 19.2 Å². The van der Waals surface area contributed by atoms with Gasteiger partial charge in [-0.3, -0.25) is 19.3 Å². The third-order valence-corrected chi connectivity index (χ3v) is 8.86. The Hall–Kier alpha value is -3.78. The van der Waals surface area contributed by atoms with E-state index in [1.165, 1.54) is 22.6 Å². The first-order valence-electron chi connectivity index (χ1n) is 13.0. The molecule has 5 rings (SSSR count). The Morgan fingerprint density at radius 1 is 0.923 bits per heavy atom. The predicted octanol–water partition coefficient (Wildman–Crippen LogP) is 5.93. The van der Waals surface area contributed by atoms with Gasteiger partial charge in [0.05, 0.1) is 23.1 Å². The van der Waals surface area contributed by atoms with E-state index in [0.717, 1.165) is 22.0 Å². The van der Waals surface area contributed by atoms with Crippen LogP contribution >= 0.6 is 15.9 Å². The van der Waals surface area contributed by atoms with Crippen LogP contribution in [0.2, 0.25) is 0 Å². The number of amides is 3. The standard InChI is InChI=1S/C31H29BrN2O5/c1-18-14-23(15-19(2)28(18)32)33-27(35)17-39-31(38)21-8-11-24(12-9-21)34-29(36)25-13-10-22(16-26(25)30(34)37)20-6-4-3-5-7-20/h3-9,11-12,14-15,22,25-26H,10,13,16-17H2,1-2H3,(H,33,35)/t22-,25+,26+/m0/s1. The number of carbonyl (C=O) groups excluding carboxylic acids is 4. The van der Waals surface area contributed by atoms with Gasteiger partial charge in [-0.2, -0.15) is 0 Å². The van der Waals surface area contributed by atoms with Gasteiger partial charge in [0, 0.05) is 10.2 Å². The first kappa shape index (κ1) is 26.8. The van der Waals surface area contributed by atoms with Crippen LogP contribution in [0.5, 0.6) is 0 Å². The Morgan fingerprint density at radius 2 is 1.56 bits per heavy atom. The number of anilines is 2. The maximum absolute atomic E-state index is 13.3. The second-order valence-corrected chi connectivity index (χ2v) is 11.0. The quantitative estimate of drug-likeness (QED) is 0.284. The van der Waals surface area contributed by atoms with E-state index < -0.39 is 18.5 Å². The summed E-state index contributed by atoms with van der Waals surface area (Å²) in [6.45, 7) is 3.41. The van der Waals surface area contributed by atoms with Gasteiger partial charge in [-0.15, -0.1) is 0 Å². The Kier molecular flexibility index (Phi) is 7.66. The Morgan fingerprint density at radius 3 is 2.23 bits per heavy atom. The summed E-state index contributed by atoms with van der Waals surface area (Å²) in [6, 6.07) is 19.9. The molecule has 3 aromatic carbocycles. The normalized spacial score (nSPS) is 20.5. The lowest BCUT2D eigenvalue weighted by molar-refractivity contribution is -0.122. The molecule has 200 valence electrons. The van der Waals surface area contributed by atoms with Crippen molar-refractivity contribution in [3.05, 3.63) is 93.5 Å². The SMILES string of the molecule is Cc1cc(NC(=O)COC(=O)c2ccc(N3C(=O)[C@@H]4CC[C@H](c5ccccc5)C[C@H]4C3=O)cc2)cc(C)c1Br. The van der Waals surface area contributed by atoms with Gasteiger partial charge < -0.3 is 10.1 Å². The fraction of sp³-hybridized carbons (Fsp3) is 0.290. The number of rotatable bonds is 6. The summed E-state index contributed by atoms with van der Waals surface area (Å²) < 4.78 is 6.15. The molecule has 1 N–H and O–H groups in total. The molecule has 3 amide bonds. The number of carbonyl (C=O) groups is 4. The molecule has 1 saturated carbocycles. The van der Waals surface area contributed by atoms with Crippen LogP contribution in [0.1, 0.15) is 52.2 Å². The van der Waals surface area contributed by atoms with Crippen molar-refractivity contribution in [2.45, 2.75) is 39.0 Å². The van der Waals surface area contributed by atoms with E-state index in [1.807, 2.05) is 44.2 Å². The molecule has 1 heterocycles. The lowest BCUT2D eigenvalue weighted by atomic mass is 9.73. The number of halogens is 1. The number of aryl methyl sites for hydroxylation is 2. The number of nitrogens with zero attached hydrogens (tertiary/aromatic N) is 1. The van der Waals surface area contributed by atoms with Gasteiger partial charge in [0.25, 0.3) is 5.91 Å². The number of imide groups is 1. The van der Waals surface area contributed by atoms with Crippen molar-refractivity contribution < 1.29 is 23.9 Å². The van der Waals surface area contributed by atoms with Gasteiger partial charge in [-0.05, 0) is 92.1 Å². The predicted molar refractivity (Wildman–Crippen MR) is 151 cm³/mol. The highest BCUT2D eigenvalue weighted by atomic mass is 79.9. The highest BCUT2D eigenvalue weighted by molar-refractivity contribution is 9.10. The maximum atomic E-state index is 13.3. The first-order chi connectivity index (χ1) is 18.7. The van der Waals surface area contributed by atoms with Crippen molar-refractivity contribution >= 4 is 51.0 Å². The van der Waals surface area contributed by atoms with Gasteiger partial charge in [0.15, 0.2) is 6.61 Å². The summed E-state index contributed by atoms with van der Waals surface area (Å²) in [7, 11) is 0. The third kappa shape index (κ3) is 5.52. The number of esters is 1. The summed E-state index contributed by atoms with van der Waals surface area (Å²) in [5.41, 5.74) is 4.44. The molecule has 7 nitrogen and oxygen atoms in total. The van der Waals surface area contributed by atoms with Crippen LogP contribution in [-0.2, 0) is 19.1 Å². The van der Waals surface area contributed by atoms with E-state index in [-0.39, 0.29) is 35.1 Å². The first-order valence-corrected chi connectivity index (χ1v) is 13.8. The van der Waals surface area contributed by atoms with Gasteiger partial charge in [0.1, 0.15) is 0 Å². The molecule has 3 aromatic rings. The van der Waals surface area contributed by atoms with Crippen molar-refractivity contribution in [3.8, 4) is 0 Å². The minimum absolute atomic E-state index is 0.179. The fourth-order valence-electron chi connectivity index (χ4n) is 5.64. The molecule has 0 bridgehead atoms. The zero-order valence-electron chi connectivity index (χ0n) is 21.8. The Balaban J connectivity index is 1.19. The average molecular weight is 589 g/mol. The molecule has 0 radical (unpaired) electrons. The molecule has 3 atom stereocenters. The maximum Gasteiger partial charge on any atom is 0.338 e. The van der Waals surface area contributed by atoms with Crippen molar-refractivity contribution in [2.75, 3.05) is 16.8 Å². The molecule has 1 aliphatic heterocycles. The summed E-state index contributed by atoms with van der Waals surface area (Å²) >= 11 is 3.49. The molecule has 0 aromatic heterocycles. The number of fused-ring (bicyclic) bond motifs is 1. The van der Waals surface area contributed by atoms with Gasteiger partial charge in [0.2, 0.25) is 11.8 Å². The molecular weight excluding hydrogens is 560 g/mol. The molecule has 39 heavy (non-hydrogen) atoms. The molecule has 1 saturated heterocycles. The number of ether oxygens (including phenoxy) is 1. The van der Waals surface area contributed by atoms with Gasteiger partial charge in [-0.25, -0.2) is 4.79 Å². The summed E-state index contributed by atoms with van der Waals surface area (Å²) in [5.74, 6) is -1.87. The van der Waals surface area contributed by atoms with E-state index in [4.69, 9.17) is 4.74 Å². The second kappa shape index (κ2) is 11.1. The highest BCUT2D eigenvalue weighted by Gasteiger charge is 2.50. The average Bonchev–Trinajstić information content (AvgIpc) is 3.19. The fourth-order valence-corrected chi connectivity index (χ4v) is 5.87. The molecule has 1 aliphatic carbocycles. The molecule has 0 spiro atoms. The highest BCUT2D eigenvalue weighted by Crippen LogP contribution is 2.45. The summed E-state index contributed by atoms with van der Waals surface area (Å²) in [5, 5.41) is 2.73. The van der Waals surface area contributed by atoms with Crippen molar-refractivity contribution in [1.82, 2.24) is 0 Å². The Labute approximate surface area is 235 Å². The molecule has 2 aliphatic rings. The van der Waals surface area contributed by atoms with Gasteiger partial charge in [-0.1, -0.05) is 46.3 Å². The Bertz CT molecular complexity index is 1410. The molecule has 2 fully saturated rings. The lowest BCUT2D eigenvalue weighted by Crippen LogP contribution is -2.30. The molecular formula is C31H29BrN2O5. The van der Waals surface area contributed by atoms with E-state index in [1.54, 1.807) is 12.1 Å². The zero-order valence-corrected chi connectivity index (χ0v) is 23.4. The largest absolute Gasteiger partial charge is 0.452 e. The zero-order chi connectivity index (χ0) is 27.7. The van der Waals surface area contributed by atoms with Crippen LogP contribution < -0.4 is 10.2 Å². The van der Waals surface area contributed by atoms with E-state index >= 15 is 0 Å². The van der Waals surface area contributed by atoms with Crippen LogP contribution in [-0.4, -0.2) is 30.3 Å². The summed E-state index contributed by atoms with van der Waals surface area (Å²) in [6.07, 6.45) is 2.20. The topological polar surface area (TPSA) is 92.8 Å². The van der Waals surface area contributed by atoms with Gasteiger partial charge >= 0.3 is 5.97 Å². The van der Waals surface area contributed by atoms with Crippen molar-refractivity contribution in [2.24, 2.45) is 11.8 Å². The number of benzene rings is 3. The lowest BCUT2D eigenvalue weighted by Gasteiger charge is -2.28. The van der Waals surface area contributed by atoms with E-state index in [0.29, 0.717) is 24.2 Å². The number of hydrogen-bond acceptors (Lipinski definition) is 5. The molecule has 8 heteroatoms. The third-order valence-electron chi connectivity index (χ3n) is 7.61. The minimum Gasteiger partial charge on any atom is -0.452 e. The van der Waals surface area contributed by atoms with Crippen LogP contribution in [0.25, 0.3) is 0 Å². The molecule has 0 unspecified atom stereocenters. The number of nitrogens with one attached hydrogen (secondary N) is 1. The van der Waals surface area contributed by atoms with Crippen LogP contribution in [0.4, 0.5) is 11.4 Å². The van der Waals surface area contributed by atoms with Crippen molar-refractivity contribution in [3.63, 3.8) is 0 Å². The minimum atomic E-state index is -0.668. The van der Waals surface area contributed by atoms with Crippen LogP contribution in [0.15, 0.2) is 71.2 Å². The summed E-state index contributed by atoms with van der Waals surface area (Å²) in [4.78, 5) is 52.6. The number of hydrogen-bond donors (Lipinski definition) is 1.